The van der Waals surface area contributed by atoms with E-state index >= 15 is 0 Å². The van der Waals surface area contributed by atoms with Gasteiger partial charge in [-0.3, -0.25) is 9.59 Å². The summed E-state index contributed by atoms with van der Waals surface area (Å²) in [6.07, 6.45) is 1.10. The number of carbonyl (C=O) groups excluding carboxylic acids is 2. The highest BCUT2D eigenvalue weighted by Crippen LogP contribution is 2.34. The molecule has 3 aromatic carbocycles. The number of hydrogen-bond acceptors (Lipinski definition) is 5. The number of nitrogens with one attached hydrogen (secondary N) is 2. The number of para-hydroxylation sites is 1. The molecule has 0 unspecified atom stereocenters. The first-order valence-electron chi connectivity index (χ1n) is 9.96. The zero-order chi connectivity index (χ0) is 24.5. The third-order valence-corrected chi connectivity index (χ3v) is 5.81. The Kier molecular flexibility index (Phi) is 9.55. The molecule has 0 heterocycles. The van der Waals surface area contributed by atoms with Gasteiger partial charge in [-0.25, -0.2) is 5.43 Å². The molecule has 0 aliphatic rings. The van der Waals surface area contributed by atoms with Crippen molar-refractivity contribution in [2.75, 3.05) is 12.4 Å². The number of benzene rings is 3. The molecule has 3 rings (SSSR count). The number of hydrazone groups is 1. The molecule has 0 atom stereocenters. The Labute approximate surface area is 220 Å². The van der Waals surface area contributed by atoms with Gasteiger partial charge in [-0.05, 0) is 64.6 Å². The fourth-order valence-corrected chi connectivity index (χ4v) is 4.08. The average molecular weight is 612 g/mol. The average Bonchev–Trinajstić information content (AvgIpc) is 2.79. The van der Waals surface area contributed by atoms with E-state index in [4.69, 9.17) is 32.7 Å². The molecule has 2 N–H and O–H groups in total. The highest BCUT2D eigenvalue weighted by molar-refractivity contribution is 14.1. The van der Waals surface area contributed by atoms with Gasteiger partial charge in [0.1, 0.15) is 13.0 Å². The van der Waals surface area contributed by atoms with Crippen molar-refractivity contribution in [1.82, 2.24) is 5.43 Å². The second-order valence-corrected chi connectivity index (χ2v) is 8.95. The van der Waals surface area contributed by atoms with Crippen LogP contribution in [0.15, 0.2) is 65.8 Å². The molecule has 2 amide bonds. The fraction of sp³-hybridized carbons (Fsp3) is 0.125. The Bertz CT molecular complexity index is 1210. The van der Waals surface area contributed by atoms with E-state index in [1.807, 2.05) is 12.1 Å². The molecule has 0 saturated heterocycles. The maximum atomic E-state index is 12.0. The van der Waals surface area contributed by atoms with Crippen molar-refractivity contribution < 1.29 is 19.1 Å². The highest BCUT2D eigenvalue weighted by Gasteiger charge is 2.13. The van der Waals surface area contributed by atoms with Crippen molar-refractivity contribution in [2.45, 2.75) is 13.0 Å². The molecule has 0 saturated carbocycles. The first-order chi connectivity index (χ1) is 16.4. The van der Waals surface area contributed by atoms with Gasteiger partial charge >= 0.3 is 0 Å². The Balaban J connectivity index is 1.58. The van der Waals surface area contributed by atoms with E-state index in [0.717, 1.165) is 9.13 Å². The van der Waals surface area contributed by atoms with Gasteiger partial charge in [-0.15, -0.1) is 0 Å². The number of carbonyl (C=O) groups is 2. The molecule has 0 spiro atoms. The summed E-state index contributed by atoms with van der Waals surface area (Å²) < 4.78 is 12.2. The van der Waals surface area contributed by atoms with E-state index in [9.17, 15) is 9.59 Å². The minimum Gasteiger partial charge on any atom is -0.493 e. The predicted octanol–water partition coefficient (Wildman–Crippen LogP) is 5.66. The number of ether oxygens (including phenoxy) is 2. The summed E-state index contributed by atoms with van der Waals surface area (Å²) in [5.41, 5.74) is 4.42. The quantitative estimate of drug-likeness (QED) is 0.141. The van der Waals surface area contributed by atoms with Crippen LogP contribution in [0.4, 0.5) is 5.69 Å². The van der Waals surface area contributed by atoms with E-state index in [2.05, 4.69) is 38.4 Å². The molecule has 0 aliphatic heterocycles. The first-order valence-corrected chi connectivity index (χ1v) is 11.8. The number of methoxy groups -OCH3 is 1. The van der Waals surface area contributed by atoms with Crippen LogP contribution in [0.25, 0.3) is 0 Å². The van der Waals surface area contributed by atoms with E-state index < -0.39 is 11.8 Å². The summed E-state index contributed by atoms with van der Waals surface area (Å²) in [6.45, 7) is 0.233. The maximum Gasteiger partial charge on any atom is 0.249 e. The molecular formula is C24H20Cl2IN3O4. The minimum absolute atomic E-state index is 0.233. The third kappa shape index (κ3) is 7.61. The smallest absolute Gasteiger partial charge is 0.249 e. The molecule has 10 heteroatoms. The molecule has 0 aliphatic carbocycles. The third-order valence-electron chi connectivity index (χ3n) is 4.42. The Morgan fingerprint density at radius 1 is 1.06 bits per heavy atom. The van der Waals surface area contributed by atoms with E-state index in [-0.39, 0.29) is 13.0 Å². The van der Waals surface area contributed by atoms with Crippen LogP contribution < -0.4 is 20.2 Å². The van der Waals surface area contributed by atoms with Gasteiger partial charge in [0.2, 0.25) is 11.8 Å². The Morgan fingerprint density at radius 3 is 2.53 bits per heavy atom. The van der Waals surface area contributed by atoms with Gasteiger partial charge in [-0.2, -0.15) is 5.10 Å². The molecule has 0 radical (unpaired) electrons. The van der Waals surface area contributed by atoms with Gasteiger partial charge in [0, 0.05) is 21.3 Å². The number of amides is 2. The lowest BCUT2D eigenvalue weighted by molar-refractivity contribution is -0.126. The van der Waals surface area contributed by atoms with Crippen LogP contribution >= 0.6 is 45.8 Å². The van der Waals surface area contributed by atoms with Gasteiger partial charge < -0.3 is 14.8 Å². The SMILES string of the molecule is COc1cc(C=NNC(=O)CC(=O)Nc2ccccc2)cc(I)c1OCc1ccc(Cl)cc1Cl. The van der Waals surface area contributed by atoms with Crippen LogP contribution in [-0.2, 0) is 16.2 Å². The van der Waals surface area contributed by atoms with E-state index in [1.54, 1.807) is 48.5 Å². The molecule has 3 aromatic rings. The van der Waals surface area contributed by atoms with Crippen molar-refractivity contribution in [3.8, 4) is 11.5 Å². The van der Waals surface area contributed by atoms with Crippen LogP contribution in [0.3, 0.4) is 0 Å². The topological polar surface area (TPSA) is 89.0 Å². The fourth-order valence-electron chi connectivity index (χ4n) is 2.83. The van der Waals surface area contributed by atoms with Crippen LogP contribution in [0.1, 0.15) is 17.5 Å². The molecule has 0 fully saturated rings. The molecule has 0 aromatic heterocycles. The zero-order valence-electron chi connectivity index (χ0n) is 18.0. The molecular weight excluding hydrogens is 592 g/mol. The number of halogens is 3. The van der Waals surface area contributed by atoms with Crippen LogP contribution in [0, 0.1) is 3.57 Å². The summed E-state index contributed by atoms with van der Waals surface area (Å²) in [7, 11) is 1.53. The van der Waals surface area contributed by atoms with Crippen molar-refractivity contribution in [1.29, 1.82) is 0 Å². The molecule has 34 heavy (non-hydrogen) atoms. The number of anilines is 1. The van der Waals surface area contributed by atoms with Crippen molar-refractivity contribution >= 4 is 69.5 Å². The van der Waals surface area contributed by atoms with Gasteiger partial charge in [0.05, 0.1) is 16.9 Å². The van der Waals surface area contributed by atoms with Crippen LogP contribution in [-0.4, -0.2) is 25.1 Å². The van der Waals surface area contributed by atoms with Gasteiger partial charge in [0.15, 0.2) is 11.5 Å². The summed E-state index contributed by atoms with van der Waals surface area (Å²) in [5.74, 6) is 0.0726. The van der Waals surface area contributed by atoms with E-state index in [1.165, 1.54) is 13.3 Å². The molecule has 7 nitrogen and oxygen atoms in total. The number of rotatable bonds is 9. The lowest BCUT2D eigenvalue weighted by Crippen LogP contribution is -2.24. The van der Waals surface area contributed by atoms with Crippen molar-refractivity contribution in [3.05, 3.63) is 85.4 Å². The summed E-state index contributed by atoms with van der Waals surface area (Å²) in [6, 6.07) is 17.6. The van der Waals surface area contributed by atoms with E-state index in [0.29, 0.717) is 32.8 Å². The molecule has 176 valence electrons. The van der Waals surface area contributed by atoms with Crippen molar-refractivity contribution in [3.63, 3.8) is 0 Å². The normalized spacial score (nSPS) is 10.7. The second-order valence-electron chi connectivity index (χ2n) is 6.94. The standard InChI is InChI=1S/C24H20Cl2IN3O4/c1-33-21-10-15(9-20(27)24(21)34-14-16-7-8-17(25)11-19(16)26)13-28-30-23(32)12-22(31)29-18-5-3-2-4-6-18/h2-11,13H,12,14H2,1H3,(H,29,31)(H,30,32). The van der Waals surface area contributed by atoms with Gasteiger partial charge in [-0.1, -0.05) is 47.5 Å². The number of nitrogens with zero attached hydrogens (tertiary/aromatic N) is 1. The number of hydrogen-bond donors (Lipinski definition) is 2. The van der Waals surface area contributed by atoms with Gasteiger partial charge in [0.25, 0.3) is 0 Å². The Morgan fingerprint density at radius 2 is 1.82 bits per heavy atom. The zero-order valence-corrected chi connectivity index (χ0v) is 21.6. The predicted molar refractivity (Wildman–Crippen MR) is 142 cm³/mol. The summed E-state index contributed by atoms with van der Waals surface area (Å²) in [5, 5.41) is 7.63. The van der Waals surface area contributed by atoms with Crippen LogP contribution in [0.2, 0.25) is 10.0 Å². The van der Waals surface area contributed by atoms with Crippen molar-refractivity contribution in [2.24, 2.45) is 5.10 Å². The highest BCUT2D eigenvalue weighted by atomic mass is 127. The maximum absolute atomic E-state index is 12.0. The summed E-state index contributed by atoms with van der Waals surface area (Å²) >= 11 is 14.3. The largest absolute Gasteiger partial charge is 0.493 e. The lowest BCUT2D eigenvalue weighted by Gasteiger charge is -2.14. The summed E-state index contributed by atoms with van der Waals surface area (Å²) in [4.78, 5) is 23.9. The minimum atomic E-state index is -0.536. The van der Waals surface area contributed by atoms with Crippen LogP contribution in [0.5, 0.6) is 11.5 Å². The second kappa shape index (κ2) is 12.6. The monoisotopic (exact) mass is 611 g/mol. The Hall–Kier alpha value is -2.82. The molecule has 0 bridgehead atoms. The first kappa shape index (κ1) is 25.8. The lowest BCUT2D eigenvalue weighted by atomic mass is 10.2.